The minimum Gasteiger partial charge on any atom is -0.495 e. The Labute approximate surface area is 200 Å². The van der Waals surface area contributed by atoms with Gasteiger partial charge in [-0.15, -0.1) is 0 Å². The van der Waals surface area contributed by atoms with E-state index in [1.165, 1.54) is 25.3 Å². The topological polar surface area (TPSA) is 85.2 Å². The van der Waals surface area contributed by atoms with Crippen LogP contribution in [0, 0.1) is 12.7 Å². The number of ether oxygens (including phenoxy) is 1. The SMILES string of the molecule is COc1ccc(NC(=O)c2ccc(-n3cc(C)cn3)cc2)cc1NC(=O)c1ccc(Cl)cc1F. The Morgan fingerprint density at radius 3 is 2.41 bits per heavy atom. The van der Waals surface area contributed by atoms with Crippen LogP contribution in [-0.4, -0.2) is 28.7 Å². The summed E-state index contributed by atoms with van der Waals surface area (Å²) >= 11 is 5.75. The number of carbonyl (C=O) groups is 2. The van der Waals surface area contributed by atoms with Crippen molar-refractivity contribution in [1.29, 1.82) is 0 Å². The Kier molecular flexibility index (Phi) is 6.60. The molecular weight excluding hydrogens is 459 g/mol. The van der Waals surface area contributed by atoms with Crippen molar-refractivity contribution in [1.82, 2.24) is 9.78 Å². The van der Waals surface area contributed by atoms with Crippen LogP contribution < -0.4 is 15.4 Å². The molecule has 0 bridgehead atoms. The van der Waals surface area contributed by atoms with Crippen LogP contribution in [-0.2, 0) is 0 Å². The Bertz CT molecular complexity index is 1370. The summed E-state index contributed by atoms with van der Waals surface area (Å²) in [7, 11) is 1.44. The second-order valence-electron chi connectivity index (χ2n) is 7.46. The van der Waals surface area contributed by atoms with E-state index in [9.17, 15) is 14.0 Å². The predicted molar refractivity (Wildman–Crippen MR) is 129 cm³/mol. The number of hydrogen-bond acceptors (Lipinski definition) is 4. The fraction of sp³-hybridized carbons (Fsp3) is 0.0800. The molecule has 0 saturated heterocycles. The summed E-state index contributed by atoms with van der Waals surface area (Å²) in [5.74, 6) is -1.42. The molecule has 0 unspecified atom stereocenters. The minimum atomic E-state index is -0.748. The van der Waals surface area contributed by atoms with Crippen molar-refractivity contribution in [2.24, 2.45) is 0 Å². The van der Waals surface area contributed by atoms with Crippen LogP contribution in [0.5, 0.6) is 5.75 Å². The molecule has 1 aromatic heterocycles. The first-order valence-electron chi connectivity index (χ1n) is 10.2. The number of benzene rings is 3. The van der Waals surface area contributed by atoms with Crippen molar-refractivity contribution in [2.75, 3.05) is 17.7 Å². The fourth-order valence-electron chi connectivity index (χ4n) is 3.27. The first-order valence-corrected chi connectivity index (χ1v) is 10.6. The Hall–Kier alpha value is -4.17. The van der Waals surface area contributed by atoms with Crippen LogP contribution in [0.1, 0.15) is 26.3 Å². The fourth-order valence-corrected chi connectivity index (χ4v) is 3.43. The smallest absolute Gasteiger partial charge is 0.258 e. The van der Waals surface area contributed by atoms with E-state index in [0.29, 0.717) is 17.0 Å². The molecule has 0 radical (unpaired) electrons. The van der Waals surface area contributed by atoms with Crippen molar-refractivity contribution in [3.63, 3.8) is 0 Å². The second kappa shape index (κ2) is 9.76. The molecule has 2 N–H and O–H groups in total. The largest absolute Gasteiger partial charge is 0.495 e. The average Bonchev–Trinajstić information content (AvgIpc) is 3.25. The molecule has 4 rings (SSSR count). The van der Waals surface area contributed by atoms with Gasteiger partial charge < -0.3 is 15.4 Å². The normalized spacial score (nSPS) is 10.6. The zero-order chi connectivity index (χ0) is 24.2. The average molecular weight is 479 g/mol. The van der Waals surface area contributed by atoms with Gasteiger partial charge in [0.05, 0.1) is 30.2 Å². The van der Waals surface area contributed by atoms with E-state index in [4.69, 9.17) is 16.3 Å². The van der Waals surface area contributed by atoms with E-state index in [1.807, 2.05) is 13.1 Å². The number of halogens is 2. The molecule has 3 aromatic carbocycles. The Balaban J connectivity index is 1.50. The maximum absolute atomic E-state index is 14.1. The quantitative estimate of drug-likeness (QED) is 0.384. The number of hydrogen-bond donors (Lipinski definition) is 2. The van der Waals surface area contributed by atoms with E-state index in [1.54, 1.807) is 47.3 Å². The summed E-state index contributed by atoms with van der Waals surface area (Å²) in [5, 5.41) is 9.83. The van der Waals surface area contributed by atoms with Crippen molar-refractivity contribution in [3.8, 4) is 11.4 Å². The highest BCUT2D eigenvalue weighted by atomic mass is 35.5. The van der Waals surface area contributed by atoms with E-state index in [0.717, 1.165) is 17.3 Å². The van der Waals surface area contributed by atoms with Gasteiger partial charge in [0.25, 0.3) is 11.8 Å². The van der Waals surface area contributed by atoms with Gasteiger partial charge in [-0.05, 0) is 73.2 Å². The zero-order valence-electron chi connectivity index (χ0n) is 18.3. The van der Waals surface area contributed by atoms with Gasteiger partial charge in [-0.2, -0.15) is 5.10 Å². The summed E-state index contributed by atoms with van der Waals surface area (Å²) in [6.07, 6.45) is 3.64. The summed E-state index contributed by atoms with van der Waals surface area (Å²) in [6.45, 7) is 1.95. The van der Waals surface area contributed by atoms with Gasteiger partial charge in [0.2, 0.25) is 0 Å². The second-order valence-corrected chi connectivity index (χ2v) is 7.89. The molecule has 0 saturated carbocycles. The third-order valence-electron chi connectivity index (χ3n) is 4.99. The van der Waals surface area contributed by atoms with E-state index in [2.05, 4.69) is 15.7 Å². The number of nitrogens with one attached hydrogen (secondary N) is 2. The molecule has 0 fully saturated rings. The van der Waals surface area contributed by atoms with Gasteiger partial charge in [-0.25, -0.2) is 9.07 Å². The van der Waals surface area contributed by atoms with Gasteiger partial charge in [0.15, 0.2) is 0 Å². The number of amides is 2. The molecule has 34 heavy (non-hydrogen) atoms. The van der Waals surface area contributed by atoms with Gasteiger partial charge in [-0.1, -0.05) is 11.6 Å². The first kappa shape index (κ1) is 23.0. The number of aromatic nitrogens is 2. The molecule has 9 heteroatoms. The molecule has 0 spiro atoms. The molecule has 0 atom stereocenters. The van der Waals surface area contributed by atoms with E-state index in [-0.39, 0.29) is 22.2 Å². The van der Waals surface area contributed by atoms with Crippen molar-refractivity contribution < 1.29 is 18.7 Å². The van der Waals surface area contributed by atoms with Crippen LogP contribution in [0.4, 0.5) is 15.8 Å². The number of nitrogens with zero attached hydrogens (tertiary/aromatic N) is 2. The van der Waals surface area contributed by atoms with Crippen molar-refractivity contribution in [3.05, 3.63) is 101 Å². The zero-order valence-corrected chi connectivity index (χ0v) is 19.1. The lowest BCUT2D eigenvalue weighted by molar-refractivity contribution is 0.101. The summed E-state index contributed by atoms with van der Waals surface area (Å²) in [6, 6.07) is 15.5. The van der Waals surface area contributed by atoms with Gasteiger partial charge in [0.1, 0.15) is 11.6 Å². The lowest BCUT2D eigenvalue weighted by Crippen LogP contribution is -2.15. The van der Waals surface area contributed by atoms with E-state index < -0.39 is 11.7 Å². The lowest BCUT2D eigenvalue weighted by atomic mass is 10.1. The number of carbonyl (C=O) groups excluding carboxylic acids is 2. The molecular formula is C25H20ClFN4O3. The highest BCUT2D eigenvalue weighted by Gasteiger charge is 2.16. The molecule has 0 aliphatic heterocycles. The predicted octanol–water partition coefficient (Wildman–Crippen LogP) is 5.49. The van der Waals surface area contributed by atoms with Crippen LogP contribution in [0.2, 0.25) is 5.02 Å². The minimum absolute atomic E-state index is 0.173. The molecule has 7 nitrogen and oxygen atoms in total. The van der Waals surface area contributed by atoms with Crippen LogP contribution >= 0.6 is 11.6 Å². The summed E-state index contributed by atoms with van der Waals surface area (Å²) in [5.41, 5.74) is 2.82. The summed E-state index contributed by atoms with van der Waals surface area (Å²) < 4.78 is 21.1. The van der Waals surface area contributed by atoms with E-state index >= 15 is 0 Å². The summed E-state index contributed by atoms with van der Waals surface area (Å²) in [4.78, 5) is 25.3. The molecule has 0 aliphatic carbocycles. The molecule has 4 aromatic rings. The van der Waals surface area contributed by atoms with Crippen LogP contribution in [0.25, 0.3) is 5.69 Å². The first-order chi connectivity index (χ1) is 16.3. The maximum atomic E-state index is 14.1. The molecule has 0 aliphatic rings. The Morgan fingerprint density at radius 1 is 1.00 bits per heavy atom. The van der Waals surface area contributed by atoms with Gasteiger partial charge in [0, 0.05) is 22.5 Å². The lowest BCUT2D eigenvalue weighted by Gasteiger charge is -2.13. The number of rotatable bonds is 6. The third-order valence-corrected chi connectivity index (χ3v) is 5.22. The van der Waals surface area contributed by atoms with Crippen LogP contribution in [0.3, 0.4) is 0 Å². The monoisotopic (exact) mass is 478 g/mol. The maximum Gasteiger partial charge on any atom is 0.258 e. The highest BCUT2D eigenvalue weighted by Crippen LogP contribution is 2.29. The number of aryl methyl sites for hydroxylation is 1. The van der Waals surface area contributed by atoms with Crippen molar-refractivity contribution >= 4 is 34.8 Å². The molecule has 172 valence electrons. The number of methoxy groups -OCH3 is 1. The highest BCUT2D eigenvalue weighted by molar-refractivity contribution is 6.30. The third kappa shape index (κ3) is 5.07. The Morgan fingerprint density at radius 2 is 1.76 bits per heavy atom. The standard InChI is InChI=1S/C25H20ClFN4O3/c1-15-13-28-31(14-15)19-7-3-16(4-8-19)24(32)29-18-6-10-23(34-2)22(12-18)30-25(33)20-9-5-17(26)11-21(20)27/h3-14H,1-2H3,(H,29,32)(H,30,33). The molecule has 1 heterocycles. The number of anilines is 2. The molecule has 2 amide bonds. The van der Waals surface area contributed by atoms with Gasteiger partial charge in [-0.3, -0.25) is 9.59 Å². The van der Waals surface area contributed by atoms with Crippen molar-refractivity contribution in [2.45, 2.75) is 6.92 Å². The van der Waals surface area contributed by atoms with Crippen LogP contribution in [0.15, 0.2) is 73.1 Å². The van der Waals surface area contributed by atoms with Gasteiger partial charge >= 0.3 is 0 Å².